The van der Waals surface area contributed by atoms with Crippen molar-refractivity contribution >= 4 is 28.1 Å². The largest absolute Gasteiger partial charge is 0.394 e. The van der Waals surface area contributed by atoms with E-state index >= 15 is 0 Å². The second kappa shape index (κ2) is 7.01. The Morgan fingerprint density at radius 1 is 0.920 bits per heavy atom. The zero-order chi connectivity index (χ0) is 17.1. The lowest BCUT2D eigenvalue weighted by molar-refractivity contribution is 0.276. The van der Waals surface area contributed by atoms with Crippen LogP contribution < -0.4 is 5.32 Å². The Labute approximate surface area is 149 Å². The number of anilines is 1. The molecule has 0 saturated carbocycles. The van der Waals surface area contributed by atoms with Crippen LogP contribution in [0.15, 0.2) is 72.1 Å². The van der Waals surface area contributed by atoms with Crippen LogP contribution in [0.4, 0.5) is 5.82 Å². The van der Waals surface area contributed by atoms with E-state index < -0.39 is 0 Å². The van der Waals surface area contributed by atoms with E-state index in [0.717, 1.165) is 27.2 Å². The van der Waals surface area contributed by atoms with E-state index in [1.54, 1.807) is 11.3 Å². The molecule has 4 rings (SSSR count). The molecule has 4 nitrogen and oxygen atoms in total. The summed E-state index contributed by atoms with van der Waals surface area (Å²) in [5, 5.41) is 16.2. The number of rotatable bonds is 5. The number of hydrogen-bond donors (Lipinski definition) is 2. The molecule has 1 unspecified atom stereocenters. The molecule has 0 aliphatic heterocycles. The average Bonchev–Trinajstić information content (AvgIpc) is 3.21. The van der Waals surface area contributed by atoms with Crippen LogP contribution in [-0.2, 0) is 0 Å². The number of hydrogen-bond acceptors (Lipinski definition) is 5. The Kier molecular flexibility index (Phi) is 4.41. The molecule has 0 saturated heterocycles. The molecule has 0 aliphatic carbocycles. The summed E-state index contributed by atoms with van der Waals surface area (Å²) in [5.74, 6) is 1.43. The highest BCUT2D eigenvalue weighted by molar-refractivity contribution is 7.13. The van der Waals surface area contributed by atoms with Gasteiger partial charge in [-0.25, -0.2) is 9.97 Å². The summed E-state index contributed by atoms with van der Waals surface area (Å²) in [4.78, 5) is 10.4. The van der Waals surface area contributed by atoms with E-state index in [4.69, 9.17) is 4.98 Å². The predicted octanol–water partition coefficient (Wildman–Crippen LogP) is 4.50. The fourth-order valence-electron chi connectivity index (χ4n) is 2.79. The first-order valence-electron chi connectivity index (χ1n) is 8.08. The number of aliphatic hydroxyl groups is 1. The molecule has 0 fully saturated rings. The van der Waals surface area contributed by atoms with E-state index in [2.05, 4.69) is 10.3 Å². The molecule has 4 aromatic rings. The highest BCUT2D eigenvalue weighted by Crippen LogP contribution is 2.29. The molecule has 2 heterocycles. The van der Waals surface area contributed by atoms with Crippen molar-refractivity contribution in [2.24, 2.45) is 0 Å². The number of fused-ring (bicyclic) bond motifs is 1. The number of aliphatic hydroxyl groups excluding tert-OH is 1. The van der Waals surface area contributed by atoms with Crippen molar-refractivity contribution < 1.29 is 5.11 Å². The molecule has 25 heavy (non-hydrogen) atoms. The molecular formula is C20H17N3OS. The molecule has 0 aliphatic rings. The summed E-state index contributed by atoms with van der Waals surface area (Å²) in [7, 11) is 0. The van der Waals surface area contributed by atoms with Gasteiger partial charge < -0.3 is 10.4 Å². The molecule has 0 spiro atoms. The van der Waals surface area contributed by atoms with E-state index in [-0.39, 0.29) is 12.6 Å². The highest BCUT2D eigenvalue weighted by Gasteiger charge is 2.15. The third kappa shape index (κ3) is 3.24. The second-order valence-corrected chi connectivity index (χ2v) is 6.63. The number of benzene rings is 2. The zero-order valence-electron chi connectivity index (χ0n) is 13.5. The van der Waals surface area contributed by atoms with Gasteiger partial charge in [-0.15, -0.1) is 11.3 Å². The van der Waals surface area contributed by atoms with Crippen molar-refractivity contribution in [3.05, 3.63) is 77.7 Å². The minimum atomic E-state index is -0.226. The second-order valence-electron chi connectivity index (χ2n) is 5.68. The fourth-order valence-corrected chi connectivity index (χ4v) is 3.44. The van der Waals surface area contributed by atoms with E-state index in [1.807, 2.05) is 72.1 Å². The smallest absolute Gasteiger partial charge is 0.172 e. The molecule has 0 amide bonds. The monoisotopic (exact) mass is 347 g/mol. The van der Waals surface area contributed by atoms with Crippen LogP contribution in [0.25, 0.3) is 21.6 Å². The van der Waals surface area contributed by atoms with Gasteiger partial charge in [-0.1, -0.05) is 48.5 Å². The maximum Gasteiger partial charge on any atom is 0.172 e. The molecule has 2 aromatic carbocycles. The van der Waals surface area contributed by atoms with Gasteiger partial charge in [-0.05, 0) is 29.1 Å². The maximum atomic E-state index is 9.86. The number of para-hydroxylation sites is 1. The fraction of sp³-hybridized carbons (Fsp3) is 0.100. The molecule has 0 radical (unpaired) electrons. The van der Waals surface area contributed by atoms with Crippen molar-refractivity contribution in [3.8, 4) is 10.7 Å². The van der Waals surface area contributed by atoms with Crippen LogP contribution in [0.2, 0.25) is 0 Å². The van der Waals surface area contributed by atoms with Crippen molar-refractivity contribution in [3.63, 3.8) is 0 Å². The van der Waals surface area contributed by atoms with Gasteiger partial charge in [0.2, 0.25) is 0 Å². The van der Waals surface area contributed by atoms with Crippen LogP contribution in [0.5, 0.6) is 0 Å². The summed E-state index contributed by atoms with van der Waals surface area (Å²) < 4.78 is 0. The van der Waals surface area contributed by atoms with Gasteiger partial charge in [0.25, 0.3) is 0 Å². The summed E-state index contributed by atoms with van der Waals surface area (Å²) in [6, 6.07) is 21.6. The number of nitrogens with zero attached hydrogens (tertiary/aromatic N) is 2. The number of aromatic nitrogens is 2. The van der Waals surface area contributed by atoms with Crippen LogP contribution >= 0.6 is 11.3 Å². The SMILES string of the molecule is OCC(Nc1nc(-c2cccs2)nc2ccccc12)c1ccccc1. The quantitative estimate of drug-likeness (QED) is 0.558. The lowest BCUT2D eigenvalue weighted by Gasteiger charge is -2.19. The minimum Gasteiger partial charge on any atom is -0.394 e. The number of thiophene rings is 1. The van der Waals surface area contributed by atoms with Gasteiger partial charge in [0.1, 0.15) is 5.82 Å². The minimum absolute atomic E-state index is 0.0172. The summed E-state index contributed by atoms with van der Waals surface area (Å²) >= 11 is 1.61. The highest BCUT2D eigenvalue weighted by atomic mass is 32.1. The van der Waals surface area contributed by atoms with Crippen molar-refractivity contribution in [2.45, 2.75) is 6.04 Å². The van der Waals surface area contributed by atoms with Gasteiger partial charge >= 0.3 is 0 Å². The normalized spacial score (nSPS) is 12.2. The van der Waals surface area contributed by atoms with Gasteiger partial charge in [0.05, 0.1) is 23.0 Å². The topological polar surface area (TPSA) is 58.0 Å². The molecule has 124 valence electrons. The summed E-state index contributed by atoms with van der Waals surface area (Å²) in [6.45, 7) is -0.0172. The third-order valence-electron chi connectivity index (χ3n) is 4.04. The molecule has 2 N–H and O–H groups in total. The van der Waals surface area contributed by atoms with Gasteiger partial charge in [0, 0.05) is 5.39 Å². The Hall–Kier alpha value is -2.76. The van der Waals surface area contributed by atoms with Gasteiger partial charge in [-0.2, -0.15) is 0 Å². The van der Waals surface area contributed by atoms with Crippen molar-refractivity contribution in [2.75, 3.05) is 11.9 Å². The molecule has 2 aromatic heterocycles. The molecule has 0 bridgehead atoms. The van der Waals surface area contributed by atoms with E-state index in [1.165, 1.54) is 0 Å². The summed E-state index contributed by atoms with van der Waals surface area (Å²) in [5.41, 5.74) is 1.90. The Balaban J connectivity index is 1.80. The maximum absolute atomic E-state index is 9.86. The Morgan fingerprint density at radius 2 is 1.72 bits per heavy atom. The van der Waals surface area contributed by atoms with E-state index in [9.17, 15) is 5.11 Å². The van der Waals surface area contributed by atoms with Gasteiger partial charge in [-0.3, -0.25) is 0 Å². The molecule has 5 heteroatoms. The first-order chi connectivity index (χ1) is 12.3. The summed E-state index contributed by atoms with van der Waals surface area (Å²) in [6.07, 6.45) is 0. The van der Waals surface area contributed by atoms with Crippen LogP contribution in [0.1, 0.15) is 11.6 Å². The Bertz CT molecular complexity index is 971. The standard InChI is InChI=1S/C20H17N3OS/c24-13-17(14-7-2-1-3-8-14)22-19-15-9-4-5-10-16(15)21-20(23-19)18-11-6-12-25-18/h1-12,17,24H,13H2,(H,21,22,23). The van der Waals surface area contributed by atoms with Crippen molar-refractivity contribution in [1.82, 2.24) is 9.97 Å². The Morgan fingerprint density at radius 3 is 2.48 bits per heavy atom. The van der Waals surface area contributed by atoms with Crippen LogP contribution in [-0.4, -0.2) is 21.7 Å². The molecule has 1 atom stereocenters. The molecular weight excluding hydrogens is 330 g/mol. The average molecular weight is 347 g/mol. The number of nitrogens with one attached hydrogen (secondary N) is 1. The third-order valence-corrected chi connectivity index (χ3v) is 4.91. The lowest BCUT2D eigenvalue weighted by atomic mass is 10.1. The van der Waals surface area contributed by atoms with Crippen molar-refractivity contribution in [1.29, 1.82) is 0 Å². The lowest BCUT2D eigenvalue weighted by Crippen LogP contribution is -2.16. The predicted molar refractivity (Wildman–Crippen MR) is 103 cm³/mol. The van der Waals surface area contributed by atoms with E-state index in [0.29, 0.717) is 5.82 Å². The van der Waals surface area contributed by atoms with Crippen LogP contribution in [0, 0.1) is 0 Å². The first-order valence-corrected chi connectivity index (χ1v) is 8.96. The van der Waals surface area contributed by atoms with Crippen LogP contribution in [0.3, 0.4) is 0 Å². The van der Waals surface area contributed by atoms with Gasteiger partial charge in [0.15, 0.2) is 5.82 Å². The zero-order valence-corrected chi connectivity index (χ0v) is 14.3. The first kappa shape index (κ1) is 15.7.